The van der Waals surface area contributed by atoms with Crippen molar-refractivity contribution in [2.45, 2.75) is 12.8 Å². The number of para-hydroxylation sites is 2. The molecule has 0 bridgehead atoms. The van der Waals surface area contributed by atoms with Crippen LogP contribution >= 0.6 is 0 Å². The molecule has 0 aliphatic carbocycles. The Kier molecular flexibility index (Phi) is 7.11. The average Bonchev–Trinajstić information content (AvgIpc) is 2.74. The fraction of sp³-hybridized carbons (Fsp3) is 0.409. The van der Waals surface area contributed by atoms with Gasteiger partial charge in [-0.15, -0.1) is 0 Å². The van der Waals surface area contributed by atoms with Gasteiger partial charge in [-0.3, -0.25) is 4.79 Å². The minimum absolute atomic E-state index is 0.238. The summed E-state index contributed by atoms with van der Waals surface area (Å²) in [5.74, 6) is 1.13. The molecular weight excluding hydrogens is 338 g/mol. The highest BCUT2D eigenvalue weighted by atomic mass is 16.5. The summed E-state index contributed by atoms with van der Waals surface area (Å²) in [6, 6.07) is 18.5. The van der Waals surface area contributed by atoms with Gasteiger partial charge >= 0.3 is 0 Å². The number of nitrogens with one attached hydrogen (secondary N) is 1. The predicted octanol–water partition coefficient (Wildman–Crippen LogP) is 2.57. The van der Waals surface area contributed by atoms with Crippen LogP contribution in [0.5, 0.6) is 5.75 Å². The SMILES string of the molecule is COc1ccccc1N1CCN(C(=O)CCNCCc2ccccc2)CC1. The standard InChI is InChI=1S/C22H29N3O2/c1-27-21-10-6-5-9-20(21)24-15-17-25(18-16-24)22(26)12-14-23-13-11-19-7-3-2-4-8-19/h2-10,23H,11-18H2,1H3. The molecule has 1 aliphatic rings. The van der Waals surface area contributed by atoms with Crippen LogP contribution in [0.4, 0.5) is 5.69 Å². The van der Waals surface area contributed by atoms with E-state index in [0.717, 1.165) is 57.1 Å². The highest BCUT2D eigenvalue weighted by Crippen LogP contribution is 2.28. The van der Waals surface area contributed by atoms with E-state index in [-0.39, 0.29) is 5.91 Å². The average molecular weight is 367 g/mol. The van der Waals surface area contributed by atoms with Crippen molar-refractivity contribution in [2.75, 3.05) is 51.3 Å². The number of methoxy groups -OCH3 is 1. The van der Waals surface area contributed by atoms with E-state index in [1.54, 1.807) is 7.11 Å². The maximum Gasteiger partial charge on any atom is 0.223 e. The first-order valence-electron chi connectivity index (χ1n) is 9.68. The van der Waals surface area contributed by atoms with E-state index in [4.69, 9.17) is 4.74 Å². The summed E-state index contributed by atoms with van der Waals surface area (Å²) >= 11 is 0. The number of piperazine rings is 1. The van der Waals surface area contributed by atoms with Crippen LogP contribution in [0, 0.1) is 0 Å². The topological polar surface area (TPSA) is 44.8 Å². The van der Waals surface area contributed by atoms with Crippen LogP contribution in [0.1, 0.15) is 12.0 Å². The number of nitrogens with zero attached hydrogens (tertiary/aromatic N) is 2. The Labute approximate surface area is 161 Å². The first-order chi connectivity index (χ1) is 13.3. The van der Waals surface area contributed by atoms with Gasteiger partial charge in [-0.05, 0) is 30.7 Å². The van der Waals surface area contributed by atoms with Crippen molar-refractivity contribution in [2.24, 2.45) is 0 Å². The number of amides is 1. The van der Waals surface area contributed by atoms with Gasteiger partial charge in [0.2, 0.25) is 5.91 Å². The molecule has 0 saturated carbocycles. The van der Waals surface area contributed by atoms with Gasteiger partial charge in [0, 0.05) is 39.1 Å². The zero-order chi connectivity index (χ0) is 18.9. The largest absolute Gasteiger partial charge is 0.495 e. The normalized spacial score (nSPS) is 14.3. The molecule has 0 unspecified atom stereocenters. The Bertz CT molecular complexity index is 713. The van der Waals surface area contributed by atoms with Gasteiger partial charge in [-0.2, -0.15) is 0 Å². The molecule has 5 nitrogen and oxygen atoms in total. The van der Waals surface area contributed by atoms with E-state index in [1.807, 2.05) is 29.2 Å². The van der Waals surface area contributed by atoms with Crippen LogP contribution in [0.3, 0.4) is 0 Å². The van der Waals surface area contributed by atoms with Gasteiger partial charge in [-0.1, -0.05) is 42.5 Å². The fourth-order valence-corrected chi connectivity index (χ4v) is 3.44. The lowest BCUT2D eigenvalue weighted by Crippen LogP contribution is -2.49. The molecule has 3 rings (SSSR count). The molecule has 1 N–H and O–H groups in total. The smallest absolute Gasteiger partial charge is 0.223 e. The summed E-state index contributed by atoms with van der Waals surface area (Å²) in [5, 5.41) is 3.38. The molecule has 0 radical (unpaired) electrons. The lowest BCUT2D eigenvalue weighted by molar-refractivity contribution is -0.131. The third-order valence-corrected chi connectivity index (χ3v) is 5.01. The Morgan fingerprint density at radius 2 is 1.67 bits per heavy atom. The van der Waals surface area contributed by atoms with E-state index >= 15 is 0 Å². The number of carbonyl (C=O) groups is 1. The number of rotatable bonds is 8. The Morgan fingerprint density at radius 1 is 0.963 bits per heavy atom. The van der Waals surface area contributed by atoms with Crippen molar-refractivity contribution in [3.8, 4) is 5.75 Å². The summed E-state index contributed by atoms with van der Waals surface area (Å²) in [7, 11) is 1.70. The second kappa shape index (κ2) is 9.97. The molecule has 27 heavy (non-hydrogen) atoms. The lowest BCUT2D eigenvalue weighted by Gasteiger charge is -2.36. The zero-order valence-electron chi connectivity index (χ0n) is 16.1. The molecule has 1 saturated heterocycles. The molecule has 2 aromatic carbocycles. The molecule has 0 atom stereocenters. The van der Waals surface area contributed by atoms with Crippen molar-refractivity contribution in [1.82, 2.24) is 10.2 Å². The zero-order valence-corrected chi connectivity index (χ0v) is 16.1. The summed E-state index contributed by atoms with van der Waals surface area (Å²) < 4.78 is 5.45. The van der Waals surface area contributed by atoms with Gasteiger partial charge in [0.05, 0.1) is 12.8 Å². The number of ether oxygens (including phenoxy) is 1. The minimum Gasteiger partial charge on any atom is -0.495 e. The van der Waals surface area contributed by atoms with Crippen molar-refractivity contribution in [3.05, 3.63) is 60.2 Å². The molecule has 1 amide bonds. The Morgan fingerprint density at radius 3 is 2.41 bits per heavy atom. The number of anilines is 1. The van der Waals surface area contributed by atoms with Crippen molar-refractivity contribution in [3.63, 3.8) is 0 Å². The summed E-state index contributed by atoms with van der Waals surface area (Å²) in [4.78, 5) is 16.7. The maximum atomic E-state index is 12.4. The van der Waals surface area contributed by atoms with Crippen molar-refractivity contribution in [1.29, 1.82) is 0 Å². The Hall–Kier alpha value is -2.53. The van der Waals surface area contributed by atoms with Crippen LogP contribution in [0.15, 0.2) is 54.6 Å². The molecule has 0 aromatic heterocycles. The van der Waals surface area contributed by atoms with E-state index in [9.17, 15) is 4.79 Å². The first-order valence-corrected chi connectivity index (χ1v) is 9.68. The fourth-order valence-electron chi connectivity index (χ4n) is 3.44. The highest BCUT2D eigenvalue weighted by molar-refractivity contribution is 5.76. The van der Waals surface area contributed by atoms with Crippen molar-refractivity contribution < 1.29 is 9.53 Å². The van der Waals surface area contributed by atoms with Gasteiger partial charge in [0.25, 0.3) is 0 Å². The van der Waals surface area contributed by atoms with Crippen molar-refractivity contribution >= 4 is 11.6 Å². The number of benzene rings is 2. The third kappa shape index (κ3) is 5.47. The molecule has 144 valence electrons. The molecule has 1 heterocycles. The van der Waals surface area contributed by atoms with Gasteiger partial charge in [-0.25, -0.2) is 0 Å². The van der Waals surface area contributed by atoms with E-state index in [1.165, 1.54) is 5.56 Å². The molecule has 2 aromatic rings. The third-order valence-electron chi connectivity index (χ3n) is 5.01. The van der Waals surface area contributed by atoms with E-state index < -0.39 is 0 Å². The van der Waals surface area contributed by atoms with Crippen LogP contribution in [-0.2, 0) is 11.2 Å². The number of hydrogen-bond donors (Lipinski definition) is 1. The van der Waals surface area contributed by atoms with E-state index in [0.29, 0.717) is 6.42 Å². The highest BCUT2D eigenvalue weighted by Gasteiger charge is 2.22. The van der Waals surface area contributed by atoms with Gasteiger partial charge in [0.1, 0.15) is 5.75 Å². The van der Waals surface area contributed by atoms with Crippen LogP contribution in [0.25, 0.3) is 0 Å². The van der Waals surface area contributed by atoms with E-state index in [2.05, 4.69) is 40.5 Å². The van der Waals surface area contributed by atoms with Crippen LogP contribution in [0.2, 0.25) is 0 Å². The first kappa shape index (κ1) is 19.2. The Balaban J connectivity index is 1.36. The lowest BCUT2D eigenvalue weighted by atomic mass is 10.1. The maximum absolute atomic E-state index is 12.4. The molecule has 0 spiro atoms. The molecule has 1 fully saturated rings. The van der Waals surface area contributed by atoms with Crippen LogP contribution in [-0.4, -0.2) is 57.2 Å². The van der Waals surface area contributed by atoms with Gasteiger partial charge < -0.3 is 19.9 Å². The summed E-state index contributed by atoms with van der Waals surface area (Å²) in [5.41, 5.74) is 2.43. The molecule has 1 aliphatic heterocycles. The number of hydrogen-bond acceptors (Lipinski definition) is 4. The monoisotopic (exact) mass is 367 g/mol. The second-order valence-electron chi connectivity index (χ2n) is 6.78. The molecule has 5 heteroatoms. The summed E-state index contributed by atoms with van der Waals surface area (Å²) in [6.07, 6.45) is 1.55. The van der Waals surface area contributed by atoms with Crippen LogP contribution < -0.4 is 15.0 Å². The quantitative estimate of drug-likeness (QED) is 0.729. The number of carbonyl (C=O) groups excluding carboxylic acids is 1. The summed E-state index contributed by atoms with van der Waals surface area (Å²) in [6.45, 7) is 4.85. The minimum atomic E-state index is 0.238. The van der Waals surface area contributed by atoms with Gasteiger partial charge in [0.15, 0.2) is 0 Å². The molecular formula is C22H29N3O2. The predicted molar refractivity (Wildman–Crippen MR) is 109 cm³/mol. The second-order valence-corrected chi connectivity index (χ2v) is 6.78.